The number of hydrogen-bond donors (Lipinski definition) is 1. The van der Waals surface area contributed by atoms with Crippen molar-refractivity contribution in [1.82, 2.24) is 35.3 Å². The first kappa shape index (κ1) is 18.8. The van der Waals surface area contributed by atoms with Gasteiger partial charge < -0.3 is 10.2 Å². The number of nitrogens with one attached hydrogen (secondary N) is 1. The summed E-state index contributed by atoms with van der Waals surface area (Å²) in [6.07, 6.45) is 5.88. The molecule has 0 unspecified atom stereocenters. The van der Waals surface area contributed by atoms with Gasteiger partial charge in [0, 0.05) is 32.2 Å². The molecule has 1 aromatic carbocycles. The van der Waals surface area contributed by atoms with Crippen LogP contribution in [0, 0.1) is 5.82 Å². The fraction of sp³-hybridized carbons (Fsp3) is 0.579. The third kappa shape index (κ3) is 4.46. The fourth-order valence-corrected chi connectivity index (χ4v) is 3.93. The molecule has 0 atom stereocenters. The highest BCUT2D eigenvalue weighted by Crippen LogP contribution is 2.18. The summed E-state index contributed by atoms with van der Waals surface area (Å²) >= 11 is 0. The van der Waals surface area contributed by atoms with E-state index in [-0.39, 0.29) is 11.8 Å². The first-order valence-electron chi connectivity index (χ1n) is 10.00. The van der Waals surface area contributed by atoms with Gasteiger partial charge in [-0.1, -0.05) is 25.3 Å². The van der Waals surface area contributed by atoms with E-state index < -0.39 is 0 Å². The van der Waals surface area contributed by atoms with Gasteiger partial charge in [-0.25, -0.2) is 9.18 Å². The van der Waals surface area contributed by atoms with Gasteiger partial charge in [0.1, 0.15) is 5.82 Å². The Bertz CT molecular complexity index is 797. The molecular formula is C19H26FN7O. The molecule has 0 bridgehead atoms. The van der Waals surface area contributed by atoms with Crippen LogP contribution in [0.4, 0.5) is 9.18 Å². The van der Waals surface area contributed by atoms with E-state index in [1.807, 2.05) is 4.90 Å². The maximum atomic E-state index is 13.5. The highest BCUT2D eigenvalue weighted by Gasteiger charge is 2.25. The van der Waals surface area contributed by atoms with E-state index in [0.717, 1.165) is 25.9 Å². The van der Waals surface area contributed by atoms with E-state index in [2.05, 4.69) is 25.7 Å². The number of urea groups is 1. The molecule has 2 heterocycles. The summed E-state index contributed by atoms with van der Waals surface area (Å²) in [6, 6.07) is 6.60. The summed E-state index contributed by atoms with van der Waals surface area (Å²) in [5.41, 5.74) is 0.602. The van der Waals surface area contributed by atoms with Crippen LogP contribution in [0.1, 0.15) is 37.9 Å². The van der Waals surface area contributed by atoms with Crippen LogP contribution in [-0.4, -0.2) is 68.3 Å². The lowest BCUT2D eigenvalue weighted by Crippen LogP contribution is -2.53. The third-order valence-electron chi connectivity index (χ3n) is 5.54. The Morgan fingerprint density at radius 1 is 1.14 bits per heavy atom. The molecule has 1 N–H and O–H groups in total. The molecule has 1 saturated carbocycles. The van der Waals surface area contributed by atoms with Crippen LogP contribution in [0.5, 0.6) is 0 Å². The monoisotopic (exact) mass is 387 g/mol. The van der Waals surface area contributed by atoms with Crippen LogP contribution < -0.4 is 5.32 Å². The predicted octanol–water partition coefficient (Wildman–Crippen LogP) is 1.96. The van der Waals surface area contributed by atoms with Gasteiger partial charge in [-0.3, -0.25) is 4.90 Å². The van der Waals surface area contributed by atoms with E-state index in [0.29, 0.717) is 37.2 Å². The summed E-state index contributed by atoms with van der Waals surface area (Å²) < 4.78 is 15.1. The molecule has 2 aromatic rings. The first-order chi connectivity index (χ1) is 13.7. The van der Waals surface area contributed by atoms with E-state index >= 15 is 0 Å². The minimum Gasteiger partial charge on any atom is -0.335 e. The molecule has 150 valence electrons. The van der Waals surface area contributed by atoms with Gasteiger partial charge >= 0.3 is 6.03 Å². The van der Waals surface area contributed by atoms with E-state index in [1.165, 1.54) is 31.4 Å². The maximum absolute atomic E-state index is 13.5. The highest BCUT2D eigenvalue weighted by molar-refractivity contribution is 5.74. The van der Waals surface area contributed by atoms with Crippen molar-refractivity contribution in [2.24, 2.45) is 0 Å². The number of amides is 2. The zero-order valence-electron chi connectivity index (χ0n) is 15.9. The number of halogens is 1. The average molecular weight is 387 g/mol. The molecule has 1 aliphatic heterocycles. The number of aromatic nitrogens is 4. The molecule has 2 aliphatic rings. The zero-order chi connectivity index (χ0) is 19.3. The fourth-order valence-electron chi connectivity index (χ4n) is 3.93. The van der Waals surface area contributed by atoms with Crippen molar-refractivity contribution in [2.75, 3.05) is 26.2 Å². The van der Waals surface area contributed by atoms with Gasteiger partial charge in [0.15, 0.2) is 5.82 Å². The Morgan fingerprint density at radius 3 is 2.68 bits per heavy atom. The van der Waals surface area contributed by atoms with Gasteiger partial charge in [-0.2, -0.15) is 4.68 Å². The zero-order valence-corrected chi connectivity index (χ0v) is 15.9. The first-order valence-corrected chi connectivity index (χ1v) is 10.00. The Labute approximate surface area is 163 Å². The molecule has 28 heavy (non-hydrogen) atoms. The van der Waals surface area contributed by atoms with E-state index in [9.17, 15) is 9.18 Å². The van der Waals surface area contributed by atoms with Crippen LogP contribution in [0.15, 0.2) is 24.3 Å². The number of piperazine rings is 1. The van der Waals surface area contributed by atoms with Crippen molar-refractivity contribution in [3.05, 3.63) is 35.9 Å². The van der Waals surface area contributed by atoms with Gasteiger partial charge in [0.2, 0.25) is 0 Å². The summed E-state index contributed by atoms with van der Waals surface area (Å²) in [7, 11) is 0. The Hall–Kier alpha value is -2.55. The topological polar surface area (TPSA) is 79.2 Å². The molecule has 1 saturated heterocycles. The second-order valence-corrected chi connectivity index (χ2v) is 7.53. The van der Waals surface area contributed by atoms with Crippen molar-refractivity contribution >= 4 is 6.03 Å². The standard InChI is InChI=1S/C19H26FN7O/c20-15-5-4-8-17(13-15)27-18(22-23-24-27)14-25-9-11-26(12-10-25)19(28)21-16-6-2-1-3-7-16/h4-5,8,13,16H,1-3,6-7,9-12,14H2,(H,21,28). The van der Waals surface area contributed by atoms with Gasteiger partial charge in [0.05, 0.1) is 12.2 Å². The third-order valence-corrected chi connectivity index (χ3v) is 5.54. The molecule has 1 aliphatic carbocycles. The summed E-state index contributed by atoms with van der Waals surface area (Å²) in [6.45, 7) is 3.43. The molecule has 2 fully saturated rings. The van der Waals surface area contributed by atoms with Crippen molar-refractivity contribution < 1.29 is 9.18 Å². The van der Waals surface area contributed by atoms with Crippen LogP contribution >= 0.6 is 0 Å². The van der Waals surface area contributed by atoms with E-state index in [1.54, 1.807) is 16.8 Å². The lowest BCUT2D eigenvalue weighted by molar-refractivity contribution is 0.129. The highest BCUT2D eigenvalue weighted by atomic mass is 19.1. The number of tetrazole rings is 1. The summed E-state index contributed by atoms with van der Waals surface area (Å²) in [5, 5.41) is 15.0. The molecule has 8 nitrogen and oxygen atoms in total. The van der Waals surface area contributed by atoms with Crippen molar-refractivity contribution in [3.8, 4) is 5.69 Å². The van der Waals surface area contributed by atoms with Gasteiger partial charge in [0.25, 0.3) is 0 Å². The summed E-state index contributed by atoms with van der Waals surface area (Å²) in [4.78, 5) is 16.6. The number of carbonyl (C=O) groups excluding carboxylic acids is 1. The number of benzene rings is 1. The lowest BCUT2D eigenvalue weighted by Gasteiger charge is -2.35. The van der Waals surface area contributed by atoms with Crippen LogP contribution in [0.25, 0.3) is 5.69 Å². The van der Waals surface area contributed by atoms with E-state index in [4.69, 9.17) is 0 Å². The molecule has 0 spiro atoms. The van der Waals surface area contributed by atoms with Crippen molar-refractivity contribution in [2.45, 2.75) is 44.7 Å². The second kappa shape index (κ2) is 8.64. The molecule has 1 aromatic heterocycles. The Morgan fingerprint density at radius 2 is 1.93 bits per heavy atom. The normalized spacial score (nSPS) is 19.0. The summed E-state index contributed by atoms with van der Waals surface area (Å²) in [5.74, 6) is 0.335. The Kier molecular flexibility index (Phi) is 5.80. The lowest BCUT2D eigenvalue weighted by atomic mass is 9.96. The number of rotatable bonds is 4. The van der Waals surface area contributed by atoms with Crippen molar-refractivity contribution in [1.29, 1.82) is 0 Å². The van der Waals surface area contributed by atoms with Gasteiger partial charge in [-0.05, 0) is 41.5 Å². The predicted molar refractivity (Wildman–Crippen MR) is 101 cm³/mol. The largest absolute Gasteiger partial charge is 0.335 e. The van der Waals surface area contributed by atoms with Gasteiger partial charge in [-0.15, -0.1) is 5.10 Å². The minimum atomic E-state index is -0.323. The average Bonchev–Trinajstić information content (AvgIpc) is 3.17. The molecule has 2 amide bonds. The van der Waals surface area contributed by atoms with Crippen molar-refractivity contribution in [3.63, 3.8) is 0 Å². The maximum Gasteiger partial charge on any atom is 0.317 e. The Balaban J connectivity index is 1.30. The molecule has 0 radical (unpaired) electrons. The number of hydrogen-bond acceptors (Lipinski definition) is 5. The minimum absolute atomic E-state index is 0.0520. The van der Waals surface area contributed by atoms with Crippen LogP contribution in [0.2, 0.25) is 0 Å². The van der Waals surface area contributed by atoms with Crippen LogP contribution in [-0.2, 0) is 6.54 Å². The molecular weight excluding hydrogens is 361 g/mol. The molecule has 9 heteroatoms. The SMILES string of the molecule is O=C(NC1CCCCC1)N1CCN(Cc2nnnn2-c2cccc(F)c2)CC1. The molecule has 4 rings (SSSR count). The number of nitrogens with zero attached hydrogens (tertiary/aromatic N) is 6. The second-order valence-electron chi connectivity index (χ2n) is 7.53. The van der Waals surface area contributed by atoms with Crippen LogP contribution in [0.3, 0.4) is 0 Å². The smallest absolute Gasteiger partial charge is 0.317 e. The number of carbonyl (C=O) groups is 1. The quantitative estimate of drug-likeness (QED) is 0.868.